The normalized spacial score (nSPS) is 12.5. The average molecular weight is 158 g/mol. The van der Waals surface area contributed by atoms with Gasteiger partial charge in [-0.2, -0.15) is 0 Å². The topological polar surface area (TPSA) is 54.4 Å². The van der Waals surface area contributed by atoms with Crippen LogP contribution in [0.1, 0.15) is 33.1 Å². The van der Waals surface area contributed by atoms with Crippen molar-refractivity contribution >= 4 is 11.8 Å². The Labute approximate surface area is 66.4 Å². The van der Waals surface area contributed by atoms with Gasteiger partial charge in [0.05, 0.1) is 0 Å². The van der Waals surface area contributed by atoms with E-state index >= 15 is 0 Å². The van der Waals surface area contributed by atoms with Crippen molar-refractivity contribution in [2.45, 2.75) is 33.1 Å². The molecule has 0 aliphatic rings. The maximum Gasteiger partial charge on any atom is 0.303 e. The van der Waals surface area contributed by atoms with E-state index < -0.39 is 5.97 Å². The molecule has 1 atom stereocenters. The van der Waals surface area contributed by atoms with Crippen LogP contribution in [-0.2, 0) is 9.59 Å². The smallest absolute Gasteiger partial charge is 0.303 e. The van der Waals surface area contributed by atoms with E-state index in [0.717, 1.165) is 0 Å². The number of aliphatic carboxylic acids is 1. The van der Waals surface area contributed by atoms with E-state index in [2.05, 4.69) is 0 Å². The highest BCUT2D eigenvalue weighted by Gasteiger charge is 2.10. The summed E-state index contributed by atoms with van der Waals surface area (Å²) < 4.78 is 0. The summed E-state index contributed by atoms with van der Waals surface area (Å²) in [7, 11) is 0. The number of hydrogen-bond donors (Lipinski definition) is 1. The summed E-state index contributed by atoms with van der Waals surface area (Å²) in [5.41, 5.74) is 0. The fourth-order valence-corrected chi connectivity index (χ4v) is 0.903. The number of ketones is 1. The van der Waals surface area contributed by atoms with Crippen LogP contribution < -0.4 is 0 Å². The van der Waals surface area contributed by atoms with E-state index in [-0.39, 0.29) is 18.1 Å². The van der Waals surface area contributed by atoms with Gasteiger partial charge < -0.3 is 5.11 Å². The van der Waals surface area contributed by atoms with Crippen LogP contribution in [0.3, 0.4) is 0 Å². The van der Waals surface area contributed by atoms with Crippen LogP contribution in [0.4, 0.5) is 0 Å². The van der Waals surface area contributed by atoms with Crippen molar-refractivity contribution in [1.29, 1.82) is 0 Å². The lowest BCUT2D eigenvalue weighted by atomic mass is 10.0. The zero-order valence-corrected chi connectivity index (χ0v) is 6.96. The summed E-state index contributed by atoms with van der Waals surface area (Å²) in [6, 6.07) is 0. The molecule has 0 aliphatic heterocycles. The molecular weight excluding hydrogens is 144 g/mol. The quantitative estimate of drug-likeness (QED) is 0.659. The number of Topliss-reactive ketones (excluding diaryl/α,β-unsaturated/α-hetero) is 1. The zero-order chi connectivity index (χ0) is 8.85. The van der Waals surface area contributed by atoms with Gasteiger partial charge in [-0.05, 0) is 5.92 Å². The maximum atomic E-state index is 10.8. The number of rotatable bonds is 5. The Hall–Kier alpha value is -0.860. The van der Waals surface area contributed by atoms with Crippen molar-refractivity contribution in [3.05, 3.63) is 0 Å². The number of carboxylic acids is 1. The van der Waals surface area contributed by atoms with Crippen LogP contribution in [-0.4, -0.2) is 16.9 Å². The first-order valence-electron chi connectivity index (χ1n) is 3.79. The van der Waals surface area contributed by atoms with Gasteiger partial charge in [0, 0.05) is 19.3 Å². The molecule has 64 valence electrons. The van der Waals surface area contributed by atoms with E-state index in [9.17, 15) is 9.59 Å². The second kappa shape index (κ2) is 4.88. The molecule has 0 aromatic heterocycles. The third-order valence-electron chi connectivity index (χ3n) is 1.49. The van der Waals surface area contributed by atoms with Gasteiger partial charge in [0.2, 0.25) is 0 Å². The summed E-state index contributed by atoms with van der Waals surface area (Å²) in [6.07, 6.45) is 0.985. The molecule has 0 saturated heterocycles. The SMILES string of the molecule is CCC(=O)CC(C)CC(=O)O. The molecule has 0 radical (unpaired) electrons. The number of carbonyl (C=O) groups is 2. The van der Waals surface area contributed by atoms with Crippen molar-refractivity contribution in [3.8, 4) is 0 Å². The Morgan fingerprint density at radius 1 is 1.36 bits per heavy atom. The van der Waals surface area contributed by atoms with Crippen LogP contribution in [0.15, 0.2) is 0 Å². The minimum absolute atomic E-state index is 0.0278. The van der Waals surface area contributed by atoms with Gasteiger partial charge in [-0.15, -0.1) is 0 Å². The minimum atomic E-state index is -0.832. The van der Waals surface area contributed by atoms with Crippen molar-refractivity contribution in [1.82, 2.24) is 0 Å². The second-order valence-corrected chi connectivity index (χ2v) is 2.80. The summed E-state index contributed by atoms with van der Waals surface area (Å²) in [4.78, 5) is 21.0. The monoisotopic (exact) mass is 158 g/mol. The number of carboxylic acid groups (broad SMARTS) is 1. The van der Waals surface area contributed by atoms with Crippen LogP contribution in [0.2, 0.25) is 0 Å². The van der Waals surface area contributed by atoms with Gasteiger partial charge in [-0.3, -0.25) is 9.59 Å². The zero-order valence-electron chi connectivity index (χ0n) is 6.96. The van der Waals surface area contributed by atoms with Crippen molar-refractivity contribution in [2.75, 3.05) is 0 Å². The van der Waals surface area contributed by atoms with Crippen molar-refractivity contribution < 1.29 is 14.7 Å². The minimum Gasteiger partial charge on any atom is -0.481 e. The first-order valence-corrected chi connectivity index (χ1v) is 3.79. The molecular formula is C8H14O3. The Morgan fingerprint density at radius 3 is 2.27 bits per heavy atom. The van der Waals surface area contributed by atoms with E-state index in [1.807, 2.05) is 0 Å². The molecule has 0 heterocycles. The largest absolute Gasteiger partial charge is 0.481 e. The van der Waals surface area contributed by atoms with Crippen LogP contribution >= 0.6 is 0 Å². The Morgan fingerprint density at radius 2 is 1.91 bits per heavy atom. The molecule has 3 heteroatoms. The van der Waals surface area contributed by atoms with E-state index in [0.29, 0.717) is 12.8 Å². The average Bonchev–Trinajstić information content (AvgIpc) is 1.85. The molecule has 0 rings (SSSR count). The van der Waals surface area contributed by atoms with Crippen molar-refractivity contribution in [3.63, 3.8) is 0 Å². The lowest BCUT2D eigenvalue weighted by Gasteiger charge is -2.04. The molecule has 0 aliphatic carbocycles. The van der Waals surface area contributed by atoms with E-state index in [1.165, 1.54) is 0 Å². The highest BCUT2D eigenvalue weighted by molar-refractivity contribution is 5.79. The molecule has 3 nitrogen and oxygen atoms in total. The third kappa shape index (κ3) is 5.58. The predicted molar refractivity (Wildman–Crippen MR) is 41.3 cm³/mol. The molecule has 1 N–H and O–H groups in total. The molecule has 1 unspecified atom stereocenters. The summed E-state index contributed by atoms with van der Waals surface area (Å²) >= 11 is 0. The second-order valence-electron chi connectivity index (χ2n) is 2.80. The fourth-order valence-electron chi connectivity index (χ4n) is 0.903. The molecule has 0 saturated carbocycles. The lowest BCUT2D eigenvalue weighted by Crippen LogP contribution is -2.09. The lowest BCUT2D eigenvalue weighted by molar-refractivity contribution is -0.138. The third-order valence-corrected chi connectivity index (χ3v) is 1.49. The number of hydrogen-bond acceptors (Lipinski definition) is 2. The highest BCUT2D eigenvalue weighted by atomic mass is 16.4. The van der Waals surface area contributed by atoms with Crippen LogP contribution in [0, 0.1) is 5.92 Å². The van der Waals surface area contributed by atoms with E-state index in [1.54, 1.807) is 13.8 Å². The van der Waals surface area contributed by atoms with E-state index in [4.69, 9.17) is 5.11 Å². The van der Waals surface area contributed by atoms with Gasteiger partial charge in [0.25, 0.3) is 0 Å². The Bertz CT molecular complexity index is 151. The van der Waals surface area contributed by atoms with Crippen LogP contribution in [0.5, 0.6) is 0 Å². The Kier molecular flexibility index (Phi) is 4.50. The highest BCUT2D eigenvalue weighted by Crippen LogP contribution is 2.08. The molecule has 0 bridgehead atoms. The van der Waals surface area contributed by atoms with Gasteiger partial charge >= 0.3 is 5.97 Å². The predicted octanol–water partition coefficient (Wildman–Crippen LogP) is 1.47. The number of carbonyl (C=O) groups excluding carboxylic acids is 1. The molecule has 0 amide bonds. The fraction of sp³-hybridized carbons (Fsp3) is 0.750. The maximum absolute atomic E-state index is 10.8. The van der Waals surface area contributed by atoms with Crippen molar-refractivity contribution in [2.24, 2.45) is 5.92 Å². The molecule has 11 heavy (non-hydrogen) atoms. The summed E-state index contributed by atoms with van der Waals surface area (Å²) in [6.45, 7) is 3.57. The Balaban J connectivity index is 3.60. The molecule has 0 aromatic carbocycles. The van der Waals surface area contributed by atoms with Gasteiger partial charge in [-0.1, -0.05) is 13.8 Å². The molecule has 0 aromatic rings. The summed E-state index contributed by atoms with van der Waals surface area (Å²) in [5.74, 6) is -0.722. The van der Waals surface area contributed by atoms with Crippen LogP contribution in [0.25, 0.3) is 0 Å². The standard InChI is InChI=1S/C8H14O3/c1-3-7(9)4-6(2)5-8(10)11/h6H,3-5H2,1-2H3,(H,10,11). The van der Waals surface area contributed by atoms with Gasteiger partial charge in [-0.25, -0.2) is 0 Å². The summed E-state index contributed by atoms with van der Waals surface area (Å²) in [5, 5.41) is 8.36. The first-order chi connectivity index (χ1) is 5.06. The first kappa shape index (κ1) is 10.1. The van der Waals surface area contributed by atoms with Gasteiger partial charge in [0.1, 0.15) is 5.78 Å². The van der Waals surface area contributed by atoms with Gasteiger partial charge in [0.15, 0.2) is 0 Å². The molecule has 0 spiro atoms. The molecule has 0 fully saturated rings.